The third-order valence-corrected chi connectivity index (χ3v) is 4.77. The Hall–Kier alpha value is -1.43. The molecule has 4 atom stereocenters. The SMILES string of the molecule is CCC(=O)NC[C@@]1(CCCc2ccccc2)N[C@H](C)[C@@H](O)[C@@H]1O. The van der Waals surface area contributed by atoms with Crippen molar-refractivity contribution in [3.63, 3.8) is 0 Å². The molecule has 0 spiro atoms. The van der Waals surface area contributed by atoms with Gasteiger partial charge < -0.3 is 20.8 Å². The zero-order valence-electron chi connectivity index (χ0n) is 14.0. The van der Waals surface area contributed by atoms with E-state index in [1.807, 2.05) is 25.1 Å². The minimum atomic E-state index is -0.884. The van der Waals surface area contributed by atoms with Gasteiger partial charge >= 0.3 is 0 Å². The smallest absolute Gasteiger partial charge is 0.219 e. The van der Waals surface area contributed by atoms with Crippen molar-refractivity contribution in [2.24, 2.45) is 0 Å². The first kappa shape index (κ1) is 17.9. The van der Waals surface area contributed by atoms with E-state index in [0.29, 0.717) is 19.4 Å². The van der Waals surface area contributed by atoms with Crippen molar-refractivity contribution in [3.05, 3.63) is 35.9 Å². The van der Waals surface area contributed by atoms with Gasteiger partial charge in [0.25, 0.3) is 0 Å². The number of hydrogen-bond donors (Lipinski definition) is 4. The van der Waals surface area contributed by atoms with E-state index < -0.39 is 17.7 Å². The molecule has 0 bridgehead atoms. The summed E-state index contributed by atoms with van der Waals surface area (Å²) in [6.45, 7) is 3.99. The van der Waals surface area contributed by atoms with Crippen LogP contribution in [0, 0.1) is 0 Å². The van der Waals surface area contributed by atoms with Crippen molar-refractivity contribution in [2.75, 3.05) is 6.54 Å². The molecule has 1 amide bonds. The van der Waals surface area contributed by atoms with Crippen LogP contribution in [0.3, 0.4) is 0 Å². The van der Waals surface area contributed by atoms with Gasteiger partial charge in [-0.3, -0.25) is 4.79 Å². The largest absolute Gasteiger partial charge is 0.389 e. The fourth-order valence-electron chi connectivity index (χ4n) is 3.32. The minimum absolute atomic E-state index is 0.0459. The number of carbonyl (C=O) groups is 1. The Balaban J connectivity index is 2.00. The van der Waals surface area contributed by atoms with E-state index in [1.54, 1.807) is 6.92 Å². The second kappa shape index (κ2) is 7.90. The molecule has 1 saturated heterocycles. The lowest BCUT2D eigenvalue weighted by atomic mass is 9.86. The quantitative estimate of drug-likeness (QED) is 0.604. The first-order valence-electron chi connectivity index (χ1n) is 8.43. The van der Waals surface area contributed by atoms with Crippen LogP contribution >= 0.6 is 0 Å². The second-order valence-electron chi connectivity index (χ2n) is 6.49. The highest BCUT2D eigenvalue weighted by molar-refractivity contribution is 5.75. The molecule has 5 heteroatoms. The van der Waals surface area contributed by atoms with Crippen LogP contribution in [0.5, 0.6) is 0 Å². The minimum Gasteiger partial charge on any atom is -0.389 e. The zero-order valence-corrected chi connectivity index (χ0v) is 14.0. The van der Waals surface area contributed by atoms with Crippen molar-refractivity contribution in [3.8, 4) is 0 Å². The van der Waals surface area contributed by atoms with Gasteiger partial charge in [0, 0.05) is 19.0 Å². The lowest BCUT2D eigenvalue weighted by molar-refractivity contribution is -0.121. The van der Waals surface area contributed by atoms with Gasteiger partial charge in [-0.15, -0.1) is 0 Å². The van der Waals surface area contributed by atoms with Crippen LogP contribution in [-0.2, 0) is 11.2 Å². The van der Waals surface area contributed by atoms with Crippen LogP contribution < -0.4 is 10.6 Å². The third-order valence-electron chi connectivity index (χ3n) is 4.77. The highest BCUT2D eigenvalue weighted by Crippen LogP contribution is 2.29. The molecule has 0 aliphatic carbocycles. The molecule has 1 fully saturated rings. The number of aliphatic hydroxyl groups is 2. The van der Waals surface area contributed by atoms with Gasteiger partial charge in [0.2, 0.25) is 5.91 Å². The number of benzene rings is 1. The topological polar surface area (TPSA) is 81.6 Å². The van der Waals surface area contributed by atoms with Crippen LogP contribution in [0.4, 0.5) is 0 Å². The third kappa shape index (κ3) is 4.31. The highest BCUT2D eigenvalue weighted by Gasteiger charge is 2.50. The van der Waals surface area contributed by atoms with Crippen molar-refractivity contribution in [1.82, 2.24) is 10.6 Å². The maximum absolute atomic E-state index is 11.6. The molecule has 1 heterocycles. The van der Waals surface area contributed by atoms with Crippen molar-refractivity contribution >= 4 is 5.91 Å². The summed E-state index contributed by atoms with van der Waals surface area (Å²) < 4.78 is 0. The summed E-state index contributed by atoms with van der Waals surface area (Å²) in [4.78, 5) is 11.6. The number of carbonyl (C=O) groups excluding carboxylic acids is 1. The van der Waals surface area contributed by atoms with Gasteiger partial charge in [-0.1, -0.05) is 37.3 Å². The number of rotatable bonds is 7. The molecule has 2 rings (SSSR count). The van der Waals surface area contributed by atoms with Crippen LogP contribution in [0.25, 0.3) is 0 Å². The molecule has 1 aliphatic rings. The molecule has 1 aromatic carbocycles. The highest BCUT2D eigenvalue weighted by atomic mass is 16.3. The monoisotopic (exact) mass is 320 g/mol. The van der Waals surface area contributed by atoms with Crippen LogP contribution in [0.2, 0.25) is 0 Å². The van der Waals surface area contributed by atoms with Gasteiger partial charge in [-0.05, 0) is 31.7 Å². The Morgan fingerprint density at radius 1 is 1.30 bits per heavy atom. The van der Waals surface area contributed by atoms with Gasteiger partial charge in [0.05, 0.1) is 11.6 Å². The number of aliphatic hydroxyl groups excluding tert-OH is 2. The Kier molecular flexibility index (Phi) is 6.16. The fourth-order valence-corrected chi connectivity index (χ4v) is 3.32. The van der Waals surface area contributed by atoms with Crippen molar-refractivity contribution in [1.29, 1.82) is 0 Å². The molecule has 0 saturated carbocycles. The average Bonchev–Trinajstić information content (AvgIpc) is 2.78. The number of nitrogens with one attached hydrogen (secondary N) is 2. The lowest BCUT2D eigenvalue weighted by Crippen LogP contribution is -2.57. The molecule has 1 aliphatic heterocycles. The van der Waals surface area contributed by atoms with E-state index >= 15 is 0 Å². The lowest BCUT2D eigenvalue weighted by Gasteiger charge is -2.34. The first-order valence-corrected chi connectivity index (χ1v) is 8.43. The summed E-state index contributed by atoms with van der Waals surface area (Å²) in [6, 6.07) is 10.00. The van der Waals surface area contributed by atoms with E-state index in [1.165, 1.54) is 5.56 Å². The predicted molar refractivity (Wildman–Crippen MR) is 90.0 cm³/mol. The average molecular weight is 320 g/mol. The Morgan fingerprint density at radius 3 is 2.57 bits per heavy atom. The zero-order chi connectivity index (χ0) is 16.9. The summed E-state index contributed by atoms with van der Waals surface area (Å²) >= 11 is 0. The molecule has 0 aromatic heterocycles. The number of aryl methyl sites for hydroxylation is 1. The molecular formula is C18H28N2O3. The van der Waals surface area contributed by atoms with Gasteiger partial charge in [-0.2, -0.15) is 0 Å². The number of hydrogen-bond acceptors (Lipinski definition) is 4. The summed E-state index contributed by atoms with van der Waals surface area (Å²) in [7, 11) is 0. The summed E-state index contributed by atoms with van der Waals surface area (Å²) in [5, 5.41) is 26.8. The molecule has 128 valence electrons. The van der Waals surface area contributed by atoms with Crippen molar-refractivity contribution < 1.29 is 15.0 Å². The van der Waals surface area contributed by atoms with E-state index in [0.717, 1.165) is 12.8 Å². The Morgan fingerprint density at radius 2 is 2.00 bits per heavy atom. The predicted octanol–water partition coefficient (Wildman–Crippen LogP) is 0.988. The maximum atomic E-state index is 11.6. The Bertz CT molecular complexity index is 508. The standard InChI is InChI=1S/C18H28N2O3/c1-3-15(21)19-12-18(17(23)16(22)13(2)20-18)11-7-10-14-8-5-4-6-9-14/h4-6,8-9,13,16-17,20,22-23H,3,7,10-12H2,1-2H3,(H,19,21)/t13-,16-,17+,18-/m1/s1. The molecule has 0 radical (unpaired) electrons. The maximum Gasteiger partial charge on any atom is 0.219 e. The molecule has 0 unspecified atom stereocenters. The Labute approximate surface area is 138 Å². The normalized spacial score (nSPS) is 30.3. The van der Waals surface area contributed by atoms with Gasteiger partial charge in [0.1, 0.15) is 6.10 Å². The van der Waals surface area contributed by atoms with Crippen LogP contribution in [-0.4, -0.2) is 46.5 Å². The first-order chi connectivity index (χ1) is 11.0. The van der Waals surface area contributed by atoms with Crippen molar-refractivity contribution in [2.45, 2.75) is 63.3 Å². The summed E-state index contributed by atoms with van der Waals surface area (Å²) in [5.41, 5.74) is 0.583. The molecule has 5 nitrogen and oxygen atoms in total. The van der Waals surface area contributed by atoms with E-state index in [2.05, 4.69) is 22.8 Å². The van der Waals surface area contributed by atoms with E-state index in [9.17, 15) is 15.0 Å². The van der Waals surface area contributed by atoms with Crippen LogP contribution in [0.15, 0.2) is 30.3 Å². The molecule has 4 N–H and O–H groups in total. The molecule has 1 aromatic rings. The summed E-state index contributed by atoms with van der Waals surface area (Å²) in [5.74, 6) is -0.0459. The van der Waals surface area contributed by atoms with Gasteiger partial charge in [0.15, 0.2) is 0 Å². The molecular weight excluding hydrogens is 292 g/mol. The van der Waals surface area contributed by atoms with Gasteiger partial charge in [-0.25, -0.2) is 0 Å². The number of amides is 1. The summed E-state index contributed by atoms with van der Waals surface area (Å²) in [6.07, 6.45) is 1.18. The van der Waals surface area contributed by atoms with E-state index in [4.69, 9.17) is 0 Å². The molecule has 23 heavy (non-hydrogen) atoms. The van der Waals surface area contributed by atoms with Crippen LogP contribution in [0.1, 0.15) is 38.7 Å². The van der Waals surface area contributed by atoms with E-state index in [-0.39, 0.29) is 11.9 Å². The second-order valence-corrected chi connectivity index (χ2v) is 6.49. The fraction of sp³-hybridized carbons (Fsp3) is 0.611.